The molecular formula is C11H14N4O2S2. The first kappa shape index (κ1) is 13.9. The lowest BCUT2D eigenvalue weighted by atomic mass is 10.3. The quantitative estimate of drug-likeness (QED) is 0.545. The zero-order chi connectivity index (χ0) is 13.7. The van der Waals surface area contributed by atoms with Gasteiger partial charge in [-0.05, 0) is 23.9 Å². The summed E-state index contributed by atoms with van der Waals surface area (Å²) in [4.78, 5) is 5.15. The number of nitrogens with zero attached hydrogens (tertiary/aromatic N) is 1. The zero-order valence-corrected chi connectivity index (χ0v) is 11.7. The number of thiophene rings is 1. The van der Waals surface area contributed by atoms with Crippen molar-refractivity contribution in [1.82, 2.24) is 9.71 Å². The number of hydrogen-bond acceptors (Lipinski definition) is 6. The molecule has 102 valence electrons. The van der Waals surface area contributed by atoms with Crippen LogP contribution in [0.2, 0.25) is 0 Å². The highest BCUT2D eigenvalue weighted by Crippen LogP contribution is 2.12. The summed E-state index contributed by atoms with van der Waals surface area (Å²) in [5.41, 5.74) is 2.32. The van der Waals surface area contributed by atoms with Crippen LogP contribution < -0.4 is 16.0 Å². The molecule has 0 saturated heterocycles. The molecule has 4 N–H and O–H groups in total. The second-order valence-electron chi connectivity index (χ2n) is 3.75. The van der Waals surface area contributed by atoms with Crippen LogP contribution in [-0.4, -0.2) is 19.9 Å². The number of hydrogen-bond donors (Lipinski definition) is 3. The Labute approximate surface area is 115 Å². The van der Waals surface area contributed by atoms with E-state index >= 15 is 0 Å². The summed E-state index contributed by atoms with van der Waals surface area (Å²) in [6, 6.07) is 6.72. The Morgan fingerprint density at radius 1 is 1.37 bits per heavy atom. The number of hydrazine groups is 1. The molecule has 0 unspecified atom stereocenters. The Bertz CT molecular complexity index is 626. The van der Waals surface area contributed by atoms with Gasteiger partial charge in [0.15, 0.2) is 0 Å². The van der Waals surface area contributed by atoms with E-state index in [0.29, 0.717) is 18.8 Å². The number of sulfonamides is 1. The lowest BCUT2D eigenvalue weighted by Gasteiger charge is -2.07. The number of rotatable bonds is 6. The topological polar surface area (TPSA) is 97.1 Å². The average Bonchev–Trinajstić information content (AvgIpc) is 2.92. The first-order valence-electron chi connectivity index (χ1n) is 5.56. The van der Waals surface area contributed by atoms with Gasteiger partial charge in [-0.15, -0.1) is 11.3 Å². The van der Waals surface area contributed by atoms with E-state index in [-0.39, 0.29) is 4.90 Å². The van der Waals surface area contributed by atoms with Crippen molar-refractivity contribution in [2.45, 2.75) is 11.3 Å². The highest BCUT2D eigenvalue weighted by molar-refractivity contribution is 7.89. The van der Waals surface area contributed by atoms with Crippen molar-refractivity contribution in [2.75, 3.05) is 12.0 Å². The molecule has 0 aliphatic heterocycles. The summed E-state index contributed by atoms with van der Waals surface area (Å²) in [5.74, 6) is 5.51. The molecule has 0 spiro atoms. The second-order valence-corrected chi connectivity index (χ2v) is 6.55. The minimum atomic E-state index is -3.53. The third-order valence-corrected chi connectivity index (χ3v) is 4.83. The van der Waals surface area contributed by atoms with E-state index in [0.717, 1.165) is 4.88 Å². The van der Waals surface area contributed by atoms with Crippen molar-refractivity contribution >= 4 is 27.2 Å². The molecule has 0 aromatic carbocycles. The van der Waals surface area contributed by atoms with Gasteiger partial charge >= 0.3 is 0 Å². The van der Waals surface area contributed by atoms with Crippen LogP contribution in [0.25, 0.3) is 0 Å². The summed E-state index contributed by atoms with van der Waals surface area (Å²) < 4.78 is 26.6. The molecule has 0 radical (unpaired) electrons. The lowest BCUT2D eigenvalue weighted by Crippen LogP contribution is -2.26. The number of nitrogens with two attached hydrogens (primary N) is 1. The minimum Gasteiger partial charge on any atom is -0.308 e. The maximum atomic E-state index is 12.0. The number of nitrogen functional groups attached to an aromatic ring is 1. The maximum Gasteiger partial charge on any atom is 0.240 e. The van der Waals surface area contributed by atoms with E-state index in [2.05, 4.69) is 15.1 Å². The zero-order valence-electron chi connectivity index (χ0n) is 10.0. The maximum absolute atomic E-state index is 12.0. The van der Waals surface area contributed by atoms with Gasteiger partial charge in [-0.2, -0.15) is 0 Å². The van der Waals surface area contributed by atoms with E-state index in [9.17, 15) is 8.42 Å². The fourth-order valence-corrected chi connectivity index (χ4v) is 3.26. The Kier molecular flexibility index (Phi) is 4.48. The fraction of sp³-hybridized carbons (Fsp3) is 0.182. The highest BCUT2D eigenvalue weighted by Gasteiger charge is 2.14. The van der Waals surface area contributed by atoms with Gasteiger partial charge in [-0.1, -0.05) is 6.07 Å². The van der Waals surface area contributed by atoms with Gasteiger partial charge in [-0.3, -0.25) is 0 Å². The molecule has 2 aromatic rings. The Morgan fingerprint density at radius 2 is 2.21 bits per heavy atom. The minimum absolute atomic E-state index is 0.140. The van der Waals surface area contributed by atoms with Gasteiger partial charge in [0.1, 0.15) is 5.82 Å². The molecule has 0 saturated carbocycles. The molecule has 0 atom stereocenters. The van der Waals surface area contributed by atoms with Crippen molar-refractivity contribution in [1.29, 1.82) is 0 Å². The number of aromatic nitrogens is 1. The molecule has 2 heterocycles. The molecule has 0 aliphatic rings. The summed E-state index contributed by atoms with van der Waals surface area (Å²) in [7, 11) is -3.53. The number of pyridine rings is 1. The van der Waals surface area contributed by atoms with E-state index in [1.54, 1.807) is 11.3 Å². The molecular weight excluding hydrogens is 284 g/mol. The van der Waals surface area contributed by atoms with Crippen LogP contribution in [0.4, 0.5) is 5.82 Å². The Balaban J connectivity index is 2.01. The largest absolute Gasteiger partial charge is 0.308 e. The van der Waals surface area contributed by atoms with Crippen molar-refractivity contribution in [3.8, 4) is 0 Å². The molecule has 8 heteroatoms. The van der Waals surface area contributed by atoms with Crippen molar-refractivity contribution in [3.63, 3.8) is 0 Å². The monoisotopic (exact) mass is 298 g/mol. The normalized spacial score (nSPS) is 11.4. The van der Waals surface area contributed by atoms with Crippen molar-refractivity contribution in [3.05, 3.63) is 40.7 Å². The fourth-order valence-electron chi connectivity index (χ4n) is 1.50. The summed E-state index contributed by atoms with van der Waals surface area (Å²) in [6.07, 6.45) is 2.06. The predicted molar refractivity (Wildman–Crippen MR) is 75.3 cm³/mol. The van der Waals surface area contributed by atoms with Crippen LogP contribution in [-0.2, 0) is 16.4 Å². The van der Waals surface area contributed by atoms with E-state index < -0.39 is 10.0 Å². The van der Waals surface area contributed by atoms with Gasteiger partial charge < -0.3 is 5.43 Å². The van der Waals surface area contributed by atoms with E-state index in [1.807, 2.05) is 17.5 Å². The number of nitrogens with one attached hydrogen (secondary N) is 2. The Hall–Kier alpha value is -1.48. The third-order valence-electron chi connectivity index (χ3n) is 2.43. The van der Waals surface area contributed by atoms with Crippen LogP contribution in [0, 0.1) is 0 Å². The second kappa shape index (κ2) is 6.11. The Morgan fingerprint density at radius 3 is 2.89 bits per heavy atom. The highest BCUT2D eigenvalue weighted by atomic mass is 32.2. The first-order valence-corrected chi connectivity index (χ1v) is 7.93. The van der Waals surface area contributed by atoms with Gasteiger partial charge in [-0.25, -0.2) is 24.0 Å². The van der Waals surface area contributed by atoms with E-state index in [4.69, 9.17) is 5.84 Å². The molecule has 19 heavy (non-hydrogen) atoms. The van der Waals surface area contributed by atoms with Crippen LogP contribution >= 0.6 is 11.3 Å². The predicted octanol–water partition coefficient (Wildman–Crippen LogP) is 0.950. The third kappa shape index (κ3) is 3.74. The van der Waals surface area contributed by atoms with Gasteiger partial charge in [0.2, 0.25) is 10.0 Å². The molecule has 0 aliphatic carbocycles. The standard InChI is InChI=1S/C11H14N4O2S2/c12-15-11-8-10(4-5-13-11)19(16,17)14-6-3-9-2-1-7-18-9/h1-2,4-5,7-8,14H,3,6,12H2,(H,13,15). The smallest absolute Gasteiger partial charge is 0.240 e. The molecule has 6 nitrogen and oxygen atoms in total. The molecule has 0 amide bonds. The lowest BCUT2D eigenvalue weighted by molar-refractivity contribution is 0.581. The summed E-state index contributed by atoms with van der Waals surface area (Å²) in [6.45, 7) is 0.358. The van der Waals surface area contributed by atoms with Crippen LogP contribution in [0.3, 0.4) is 0 Å². The summed E-state index contributed by atoms with van der Waals surface area (Å²) >= 11 is 1.60. The first-order chi connectivity index (χ1) is 9.12. The van der Waals surface area contributed by atoms with Crippen molar-refractivity contribution in [2.24, 2.45) is 5.84 Å². The SMILES string of the molecule is NNc1cc(S(=O)(=O)NCCc2cccs2)ccn1. The van der Waals surface area contributed by atoms with Crippen LogP contribution in [0.5, 0.6) is 0 Å². The molecule has 2 aromatic heterocycles. The number of anilines is 1. The van der Waals surface area contributed by atoms with Gasteiger partial charge in [0, 0.05) is 23.7 Å². The van der Waals surface area contributed by atoms with Gasteiger partial charge in [0.05, 0.1) is 4.90 Å². The van der Waals surface area contributed by atoms with Gasteiger partial charge in [0.25, 0.3) is 0 Å². The average molecular weight is 298 g/mol. The summed E-state index contributed by atoms with van der Waals surface area (Å²) in [5, 5.41) is 1.96. The molecule has 2 rings (SSSR count). The molecule has 0 bridgehead atoms. The van der Waals surface area contributed by atoms with Crippen LogP contribution in [0.15, 0.2) is 40.7 Å². The van der Waals surface area contributed by atoms with Crippen LogP contribution in [0.1, 0.15) is 4.88 Å². The van der Waals surface area contributed by atoms with Crippen molar-refractivity contribution < 1.29 is 8.42 Å². The molecule has 0 fully saturated rings. The van der Waals surface area contributed by atoms with E-state index in [1.165, 1.54) is 18.3 Å².